The number of benzene rings is 2. The maximum absolute atomic E-state index is 13.0. The fraction of sp³-hybridized carbons (Fsp3) is 0.273. The first-order valence-corrected chi connectivity index (χ1v) is 9.65. The molecule has 1 aliphatic rings. The molecule has 4 rings (SSSR count). The zero-order valence-corrected chi connectivity index (χ0v) is 16.4. The third-order valence-electron chi connectivity index (χ3n) is 5.08. The van der Waals surface area contributed by atoms with Gasteiger partial charge in [0.05, 0.1) is 7.11 Å². The third-order valence-corrected chi connectivity index (χ3v) is 5.08. The second-order valence-electron chi connectivity index (χ2n) is 6.91. The number of hydrogen-bond acceptors (Lipinski definition) is 6. The number of hydrogen-bond donors (Lipinski definition) is 1. The Hall–Kier alpha value is -3.35. The Morgan fingerprint density at radius 2 is 1.62 bits per heavy atom. The van der Waals surface area contributed by atoms with Crippen LogP contribution in [-0.4, -0.2) is 43.3 Å². The van der Waals surface area contributed by atoms with E-state index < -0.39 is 0 Å². The molecular weight excluding hydrogens is 369 g/mol. The lowest BCUT2D eigenvalue weighted by atomic mass is 10.2. The Labute approximate surface area is 170 Å². The van der Waals surface area contributed by atoms with E-state index in [2.05, 4.69) is 37.2 Å². The molecule has 0 radical (unpaired) electrons. The van der Waals surface area contributed by atoms with Crippen molar-refractivity contribution >= 4 is 17.3 Å². The zero-order valence-electron chi connectivity index (χ0n) is 16.4. The first kappa shape index (κ1) is 19.0. The number of anilines is 3. The first-order valence-electron chi connectivity index (χ1n) is 9.65. The molecule has 0 aliphatic carbocycles. The summed E-state index contributed by atoms with van der Waals surface area (Å²) in [5.74, 6) is 2.31. The van der Waals surface area contributed by atoms with Crippen molar-refractivity contribution in [1.29, 1.82) is 0 Å². The largest absolute Gasteiger partial charge is 0.497 e. The van der Waals surface area contributed by atoms with Gasteiger partial charge in [-0.1, -0.05) is 12.1 Å². The standard InChI is InChI=1S/C22H24FN5O/c1-29-20-8-6-19(7-9-20)27-10-12-28(13-11-27)22-14-21(25-16-26-22)24-15-17-2-4-18(23)5-3-17/h2-9,14,16H,10-13,15H2,1H3,(H,24,25,26). The lowest BCUT2D eigenvalue weighted by molar-refractivity contribution is 0.415. The molecular formula is C22H24FN5O. The quantitative estimate of drug-likeness (QED) is 0.691. The summed E-state index contributed by atoms with van der Waals surface area (Å²) in [7, 11) is 1.68. The van der Waals surface area contributed by atoms with Gasteiger partial charge in [0, 0.05) is 44.5 Å². The molecule has 1 saturated heterocycles. The molecule has 0 saturated carbocycles. The van der Waals surface area contributed by atoms with Crippen molar-refractivity contribution in [3.05, 3.63) is 72.3 Å². The number of nitrogens with one attached hydrogen (secondary N) is 1. The molecule has 1 fully saturated rings. The van der Waals surface area contributed by atoms with E-state index in [9.17, 15) is 4.39 Å². The fourth-order valence-corrected chi connectivity index (χ4v) is 3.40. The molecule has 1 aliphatic heterocycles. The van der Waals surface area contributed by atoms with Gasteiger partial charge in [-0.15, -0.1) is 0 Å². The van der Waals surface area contributed by atoms with E-state index in [1.165, 1.54) is 17.8 Å². The van der Waals surface area contributed by atoms with Crippen molar-refractivity contribution < 1.29 is 9.13 Å². The lowest BCUT2D eigenvalue weighted by Gasteiger charge is -2.36. The number of halogens is 1. The maximum atomic E-state index is 13.0. The van der Waals surface area contributed by atoms with E-state index in [4.69, 9.17) is 4.74 Å². The van der Waals surface area contributed by atoms with Crippen LogP contribution in [0.2, 0.25) is 0 Å². The molecule has 6 nitrogen and oxygen atoms in total. The van der Waals surface area contributed by atoms with Crippen LogP contribution in [0.15, 0.2) is 60.9 Å². The number of piperazine rings is 1. The summed E-state index contributed by atoms with van der Waals surface area (Å²) < 4.78 is 18.3. The normalized spacial score (nSPS) is 14.0. The fourth-order valence-electron chi connectivity index (χ4n) is 3.40. The van der Waals surface area contributed by atoms with E-state index in [1.54, 1.807) is 25.6 Å². The molecule has 0 unspecified atom stereocenters. The third kappa shape index (κ3) is 4.74. The van der Waals surface area contributed by atoms with Crippen molar-refractivity contribution in [3.63, 3.8) is 0 Å². The summed E-state index contributed by atoms with van der Waals surface area (Å²) in [4.78, 5) is 13.4. The molecule has 3 aromatic rings. The van der Waals surface area contributed by atoms with Crippen molar-refractivity contribution in [2.75, 3.05) is 48.4 Å². The van der Waals surface area contributed by atoms with Crippen LogP contribution >= 0.6 is 0 Å². The predicted molar refractivity (Wildman–Crippen MR) is 113 cm³/mol. The molecule has 7 heteroatoms. The van der Waals surface area contributed by atoms with Crippen LogP contribution in [-0.2, 0) is 6.54 Å². The van der Waals surface area contributed by atoms with Crippen LogP contribution in [0.4, 0.5) is 21.7 Å². The monoisotopic (exact) mass is 393 g/mol. The summed E-state index contributed by atoms with van der Waals surface area (Å²) in [6.45, 7) is 4.21. The molecule has 29 heavy (non-hydrogen) atoms. The van der Waals surface area contributed by atoms with Crippen LogP contribution in [0.5, 0.6) is 5.75 Å². The Morgan fingerprint density at radius 1 is 0.931 bits per heavy atom. The maximum Gasteiger partial charge on any atom is 0.134 e. The molecule has 1 N–H and O–H groups in total. The van der Waals surface area contributed by atoms with Gasteiger partial charge in [-0.3, -0.25) is 0 Å². The van der Waals surface area contributed by atoms with Crippen molar-refractivity contribution in [2.45, 2.75) is 6.54 Å². The van der Waals surface area contributed by atoms with Gasteiger partial charge in [-0.25, -0.2) is 14.4 Å². The minimum Gasteiger partial charge on any atom is -0.497 e. The predicted octanol–water partition coefficient (Wildman–Crippen LogP) is 3.56. The van der Waals surface area contributed by atoms with E-state index in [0.717, 1.165) is 49.1 Å². The Balaban J connectivity index is 1.34. The summed E-state index contributed by atoms with van der Waals surface area (Å²) in [5.41, 5.74) is 2.20. The number of ether oxygens (including phenoxy) is 1. The average molecular weight is 393 g/mol. The second-order valence-corrected chi connectivity index (χ2v) is 6.91. The first-order chi connectivity index (χ1) is 14.2. The van der Waals surface area contributed by atoms with Crippen molar-refractivity contribution in [3.8, 4) is 5.75 Å². The highest BCUT2D eigenvalue weighted by atomic mass is 19.1. The Morgan fingerprint density at radius 3 is 2.31 bits per heavy atom. The van der Waals surface area contributed by atoms with Gasteiger partial charge in [0.1, 0.15) is 29.5 Å². The number of aromatic nitrogens is 2. The number of nitrogens with zero attached hydrogens (tertiary/aromatic N) is 4. The molecule has 2 heterocycles. The minimum atomic E-state index is -0.230. The van der Waals surface area contributed by atoms with Crippen LogP contribution in [0.3, 0.4) is 0 Å². The summed E-state index contributed by atoms with van der Waals surface area (Å²) in [5, 5.41) is 3.28. The Kier molecular flexibility index (Phi) is 5.74. The van der Waals surface area contributed by atoms with Gasteiger partial charge in [-0.05, 0) is 42.0 Å². The van der Waals surface area contributed by atoms with E-state index >= 15 is 0 Å². The van der Waals surface area contributed by atoms with E-state index in [1.807, 2.05) is 18.2 Å². The molecule has 0 amide bonds. The van der Waals surface area contributed by atoms with Crippen LogP contribution < -0.4 is 19.9 Å². The van der Waals surface area contributed by atoms with Gasteiger partial charge in [0.15, 0.2) is 0 Å². The SMILES string of the molecule is COc1ccc(N2CCN(c3cc(NCc4ccc(F)cc4)ncn3)CC2)cc1. The van der Waals surface area contributed by atoms with Crippen LogP contribution in [0.1, 0.15) is 5.56 Å². The average Bonchev–Trinajstić information content (AvgIpc) is 2.79. The van der Waals surface area contributed by atoms with Crippen molar-refractivity contribution in [2.24, 2.45) is 0 Å². The van der Waals surface area contributed by atoms with Crippen LogP contribution in [0, 0.1) is 5.82 Å². The zero-order chi connectivity index (χ0) is 20.1. The number of rotatable bonds is 6. The number of methoxy groups -OCH3 is 1. The molecule has 1 aromatic heterocycles. The minimum absolute atomic E-state index is 0.230. The highest BCUT2D eigenvalue weighted by Crippen LogP contribution is 2.22. The van der Waals surface area contributed by atoms with Crippen LogP contribution in [0.25, 0.3) is 0 Å². The second kappa shape index (κ2) is 8.77. The van der Waals surface area contributed by atoms with Crippen molar-refractivity contribution in [1.82, 2.24) is 9.97 Å². The molecule has 0 spiro atoms. The smallest absolute Gasteiger partial charge is 0.134 e. The Bertz CT molecular complexity index is 925. The van der Waals surface area contributed by atoms with Gasteiger partial charge in [0.25, 0.3) is 0 Å². The topological polar surface area (TPSA) is 53.5 Å². The van der Waals surface area contributed by atoms with Gasteiger partial charge in [0.2, 0.25) is 0 Å². The lowest BCUT2D eigenvalue weighted by Crippen LogP contribution is -2.46. The van der Waals surface area contributed by atoms with Gasteiger partial charge >= 0.3 is 0 Å². The molecule has 2 aromatic carbocycles. The molecule has 150 valence electrons. The van der Waals surface area contributed by atoms with E-state index in [0.29, 0.717) is 6.54 Å². The summed E-state index contributed by atoms with van der Waals surface area (Å²) in [6, 6.07) is 16.6. The summed E-state index contributed by atoms with van der Waals surface area (Å²) in [6.07, 6.45) is 1.58. The van der Waals surface area contributed by atoms with Gasteiger partial charge in [-0.2, -0.15) is 0 Å². The molecule has 0 atom stereocenters. The molecule has 0 bridgehead atoms. The highest BCUT2D eigenvalue weighted by molar-refractivity contribution is 5.53. The highest BCUT2D eigenvalue weighted by Gasteiger charge is 2.18. The summed E-state index contributed by atoms with van der Waals surface area (Å²) >= 11 is 0. The van der Waals surface area contributed by atoms with E-state index in [-0.39, 0.29) is 5.82 Å². The van der Waals surface area contributed by atoms with Gasteiger partial charge < -0.3 is 19.9 Å².